The molecule has 0 bridgehead atoms. The van der Waals surface area contributed by atoms with Crippen molar-refractivity contribution in [2.45, 2.75) is 55.5 Å². The van der Waals surface area contributed by atoms with Gasteiger partial charge in [-0.05, 0) is 37.0 Å². The molecule has 1 atom stereocenters. The predicted molar refractivity (Wildman–Crippen MR) is 121 cm³/mol. The molecule has 0 spiro atoms. The number of carbonyl (C=O) groups excluding carboxylic acids is 1. The molecule has 0 aliphatic heterocycles. The Morgan fingerprint density at radius 2 is 1.71 bits per heavy atom. The van der Waals surface area contributed by atoms with Crippen LogP contribution in [0.15, 0.2) is 71.8 Å². The molecule has 1 fully saturated rings. The summed E-state index contributed by atoms with van der Waals surface area (Å²) in [5.74, 6) is -0.285. The van der Waals surface area contributed by atoms with E-state index >= 15 is 0 Å². The average molecular weight is 438 g/mol. The lowest BCUT2D eigenvalue weighted by molar-refractivity contribution is -0.123. The molecule has 1 unspecified atom stereocenters. The van der Waals surface area contributed by atoms with E-state index in [4.69, 9.17) is 0 Å². The molecule has 7 heteroatoms. The summed E-state index contributed by atoms with van der Waals surface area (Å²) in [7, 11) is -3.97. The van der Waals surface area contributed by atoms with Crippen molar-refractivity contribution in [3.05, 3.63) is 72.4 Å². The summed E-state index contributed by atoms with van der Waals surface area (Å²) in [6.45, 7) is 0. The normalized spacial score (nSPS) is 16.1. The quantitative estimate of drug-likeness (QED) is 0.591. The Balaban J connectivity index is 1.61. The van der Waals surface area contributed by atoms with Gasteiger partial charge in [-0.2, -0.15) is 4.72 Å². The summed E-state index contributed by atoms with van der Waals surface area (Å²) < 4.78 is 29.3. The number of sulfonamides is 1. The maximum absolute atomic E-state index is 13.3. The predicted octanol–water partition coefficient (Wildman–Crippen LogP) is 3.57. The smallest absolute Gasteiger partial charge is 0.243 e. The minimum Gasteiger partial charge on any atom is -0.352 e. The van der Waals surface area contributed by atoms with E-state index < -0.39 is 16.1 Å². The fourth-order valence-corrected chi connectivity index (χ4v) is 5.50. The highest BCUT2D eigenvalue weighted by atomic mass is 32.2. The zero-order valence-corrected chi connectivity index (χ0v) is 18.1. The van der Waals surface area contributed by atoms with Crippen molar-refractivity contribution < 1.29 is 13.2 Å². The lowest BCUT2D eigenvalue weighted by Crippen LogP contribution is -2.51. The molecule has 0 radical (unpaired) electrons. The summed E-state index contributed by atoms with van der Waals surface area (Å²) in [4.78, 5) is 17.5. The van der Waals surface area contributed by atoms with Gasteiger partial charge in [-0.15, -0.1) is 0 Å². The van der Waals surface area contributed by atoms with E-state index in [-0.39, 0.29) is 23.3 Å². The third kappa shape index (κ3) is 5.29. The van der Waals surface area contributed by atoms with Crippen LogP contribution in [-0.4, -0.2) is 31.4 Å². The molecule has 0 saturated heterocycles. The number of nitrogens with one attached hydrogen (secondary N) is 2. The number of amides is 1. The number of fused-ring (bicyclic) bond motifs is 1. The molecule has 1 aliphatic carbocycles. The van der Waals surface area contributed by atoms with Gasteiger partial charge in [0.05, 0.1) is 5.52 Å². The first-order chi connectivity index (χ1) is 15.0. The number of pyridine rings is 1. The van der Waals surface area contributed by atoms with Crippen molar-refractivity contribution in [1.82, 2.24) is 15.0 Å². The van der Waals surface area contributed by atoms with Crippen LogP contribution in [0.1, 0.15) is 37.7 Å². The number of carbonyl (C=O) groups is 1. The summed E-state index contributed by atoms with van der Waals surface area (Å²) >= 11 is 0. The van der Waals surface area contributed by atoms with Crippen LogP contribution in [0.25, 0.3) is 10.9 Å². The first-order valence-corrected chi connectivity index (χ1v) is 12.2. The molecular formula is C24H27N3O3S. The Hall–Kier alpha value is -2.77. The second-order valence-electron chi connectivity index (χ2n) is 8.04. The van der Waals surface area contributed by atoms with Crippen LogP contribution < -0.4 is 10.0 Å². The van der Waals surface area contributed by atoms with E-state index in [0.29, 0.717) is 5.52 Å². The number of para-hydroxylation sites is 1. The highest BCUT2D eigenvalue weighted by molar-refractivity contribution is 7.89. The lowest BCUT2D eigenvalue weighted by Gasteiger charge is -2.26. The maximum Gasteiger partial charge on any atom is 0.243 e. The van der Waals surface area contributed by atoms with E-state index in [0.717, 1.165) is 36.6 Å². The van der Waals surface area contributed by atoms with Crippen molar-refractivity contribution in [3.63, 3.8) is 0 Å². The third-order valence-corrected chi connectivity index (χ3v) is 7.24. The Bertz CT molecular complexity index is 1140. The fourth-order valence-electron chi connectivity index (χ4n) is 4.13. The number of hydrogen-bond donors (Lipinski definition) is 2. The summed E-state index contributed by atoms with van der Waals surface area (Å²) in [6.07, 6.45) is 7.06. The van der Waals surface area contributed by atoms with Crippen LogP contribution in [0.3, 0.4) is 0 Å². The Morgan fingerprint density at radius 1 is 0.968 bits per heavy atom. The van der Waals surface area contributed by atoms with Crippen molar-refractivity contribution >= 4 is 26.8 Å². The van der Waals surface area contributed by atoms with Crippen LogP contribution in [0.5, 0.6) is 0 Å². The largest absolute Gasteiger partial charge is 0.352 e. The number of rotatable bonds is 7. The number of aromatic nitrogens is 1. The van der Waals surface area contributed by atoms with E-state index in [1.54, 1.807) is 18.3 Å². The van der Waals surface area contributed by atoms with Crippen LogP contribution in [0.4, 0.5) is 0 Å². The van der Waals surface area contributed by atoms with Gasteiger partial charge in [0.1, 0.15) is 10.9 Å². The molecule has 31 heavy (non-hydrogen) atoms. The molecule has 6 nitrogen and oxygen atoms in total. The standard InChI is InChI=1S/C24H27N3O3S/c28-24(26-20-13-5-2-6-14-20)21(17-18-9-3-1-4-10-18)27-31(29,30)22-15-7-11-19-12-8-16-25-23(19)22/h1,3-4,7-12,15-16,20-21,27H,2,5-6,13-14,17H2,(H,26,28). The van der Waals surface area contributed by atoms with Gasteiger partial charge < -0.3 is 5.32 Å². The van der Waals surface area contributed by atoms with E-state index in [1.807, 2.05) is 42.5 Å². The van der Waals surface area contributed by atoms with Crippen molar-refractivity contribution in [2.75, 3.05) is 0 Å². The molecule has 1 amide bonds. The topological polar surface area (TPSA) is 88.2 Å². The summed E-state index contributed by atoms with van der Waals surface area (Å²) in [5.41, 5.74) is 1.29. The molecular weight excluding hydrogens is 410 g/mol. The summed E-state index contributed by atoms with van der Waals surface area (Å²) in [5, 5.41) is 3.80. The molecule has 2 aromatic carbocycles. The van der Waals surface area contributed by atoms with Crippen molar-refractivity contribution in [1.29, 1.82) is 0 Å². The van der Waals surface area contributed by atoms with Gasteiger partial charge in [-0.1, -0.05) is 67.8 Å². The first kappa shape index (κ1) is 21.5. The van der Waals surface area contributed by atoms with Crippen LogP contribution >= 0.6 is 0 Å². The van der Waals surface area contributed by atoms with Crippen LogP contribution in [0, 0.1) is 0 Å². The number of nitrogens with zero attached hydrogens (tertiary/aromatic N) is 1. The minimum absolute atomic E-state index is 0.0779. The van der Waals surface area contributed by atoms with Gasteiger partial charge in [0, 0.05) is 17.6 Å². The van der Waals surface area contributed by atoms with Crippen LogP contribution in [-0.2, 0) is 21.2 Å². The molecule has 162 valence electrons. The highest BCUT2D eigenvalue weighted by Crippen LogP contribution is 2.22. The Labute approximate surface area is 183 Å². The van der Waals surface area contributed by atoms with E-state index in [2.05, 4.69) is 15.0 Å². The van der Waals surface area contributed by atoms with Gasteiger partial charge >= 0.3 is 0 Å². The van der Waals surface area contributed by atoms with Gasteiger partial charge in [-0.25, -0.2) is 8.42 Å². The molecule has 1 saturated carbocycles. The average Bonchev–Trinajstić information content (AvgIpc) is 2.79. The molecule has 1 aliphatic rings. The molecule has 4 rings (SSSR count). The molecule has 1 heterocycles. The highest BCUT2D eigenvalue weighted by Gasteiger charge is 2.29. The van der Waals surface area contributed by atoms with E-state index in [9.17, 15) is 13.2 Å². The van der Waals surface area contributed by atoms with Gasteiger partial charge in [0.2, 0.25) is 15.9 Å². The van der Waals surface area contributed by atoms with Gasteiger partial charge in [-0.3, -0.25) is 9.78 Å². The first-order valence-electron chi connectivity index (χ1n) is 10.7. The fraction of sp³-hybridized carbons (Fsp3) is 0.333. The molecule has 1 aromatic heterocycles. The zero-order valence-electron chi connectivity index (χ0n) is 17.3. The Kier molecular flexibility index (Phi) is 6.63. The van der Waals surface area contributed by atoms with Crippen molar-refractivity contribution in [3.8, 4) is 0 Å². The summed E-state index contributed by atoms with van der Waals surface area (Å²) in [6, 6.07) is 17.3. The Morgan fingerprint density at radius 3 is 2.48 bits per heavy atom. The maximum atomic E-state index is 13.3. The zero-order chi connectivity index (χ0) is 21.7. The van der Waals surface area contributed by atoms with Gasteiger partial charge in [0.15, 0.2) is 0 Å². The molecule has 2 N–H and O–H groups in total. The number of hydrogen-bond acceptors (Lipinski definition) is 4. The number of benzene rings is 2. The van der Waals surface area contributed by atoms with Crippen LogP contribution in [0.2, 0.25) is 0 Å². The second-order valence-corrected chi connectivity index (χ2v) is 9.72. The SMILES string of the molecule is O=C(NC1CCCCC1)C(Cc1ccccc1)NS(=O)(=O)c1cccc2cccnc12. The molecule has 3 aromatic rings. The third-order valence-electron chi connectivity index (χ3n) is 5.73. The minimum atomic E-state index is -3.97. The van der Waals surface area contributed by atoms with E-state index in [1.165, 1.54) is 12.5 Å². The lowest BCUT2D eigenvalue weighted by atomic mass is 9.95. The van der Waals surface area contributed by atoms with Gasteiger partial charge in [0.25, 0.3) is 0 Å². The second kappa shape index (κ2) is 9.58. The monoisotopic (exact) mass is 437 g/mol. The van der Waals surface area contributed by atoms with Crippen molar-refractivity contribution in [2.24, 2.45) is 0 Å².